The second kappa shape index (κ2) is 8.13. The topological polar surface area (TPSA) is 72.9 Å². The van der Waals surface area contributed by atoms with Crippen LogP contribution in [0.4, 0.5) is 0 Å². The molecule has 0 saturated carbocycles. The van der Waals surface area contributed by atoms with Gasteiger partial charge in [0.2, 0.25) is 0 Å². The maximum atomic E-state index is 12.9. The van der Waals surface area contributed by atoms with Gasteiger partial charge < -0.3 is 9.57 Å². The molecule has 25 heavy (non-hydrogen) atoms. The molecule has 7 heteroatoms. The molecular weight excluding hydrogens is 342 g/mol. The molecule has 0 saturated heterocycles. The molecular formula is C18H21NO5S. The summed E-state index contributed by atoms with van der Waals surface area (Å²) in [5.41, 5.74) is 0.705. The number of hydrogen-bond donors (Lipinski definition) is 0. The molecule has 0 radical (unpaired) electrons. The summed E-state index contributed by atoms with van der Waals surface area (Å²) in [4.78, 5) is 17.2. The Labute approximate surface area is 148 Å². The number of rotatable bonds is 7. The monoisotopic (exact) mass is 363 g/mol. The van der Waals surface area contributed by atoms with Gasteiger partial charge >= 0.3 is 5.97 Å². The lowest BCUT2D eigenvalue weighted by atomic mass is 10.2. The lowest BCUT2D eigenvalue weighted by Crippen LogP contribution is -2.34. The summed E-state index contributed by atoms with van der Waals surface area (Å²) in [6.45, 7) is 3.21. The maximum Gasteiger partial charge on any atom is 0.329 e. The lowest BCUT2D eigenvalue weighted by molar-refractivity contribution is -0.175. The van der Waals surface area contributed by atoms with Gasteiger partial charge in [0.15, 0.2) is 0 Å². The molecule has 0 aliphatic carbocycles. The summed E-state index contributed by atoms with van der Waals surface area (Å²) in [6.07, 6.45) is 0. The molecule has 0 aliphatic heterocycles. The highest BCUT2D eigenvalue weighted by atomic mass is 32.2. The summed E-state index contributed by atoms with van der Waals surface area (Å²) in [7, 11) is -2.52. The zero-order valence-electron chi connectivity index (χ0n) is 14.4. The van der Waals surface area contributed by atoms with Crippen molar-refractivity contribution in [3.63, 3.8) is 0 Å². The Bertz CT molecular complexity index is 801. The van der Waals surface area contributed by atoms with Gasteiger partial charge in [-0.15, -0.1) is 0 Å². The minimum atomic E-state index is -4.02. The van der Waals surface area contributed by atoms with Gasteiger partial charge in [-0.1, -0.05) is 44.2 Å². The molecule has 2 aromatic carbocycles. The molecule has 0 aromatic heterocycles. The molecule has 0 spiro atoms. The molecule has 0 aliphatic rings. The third-order valence-corrected chi connectivity index (χ3v) is 5.05. The number of ether oxygens (including phenoxy) is 1. The SMILES string of the molecule is COc1ccc(S(=O)(=O)N(Cc2ccccc2)OC(=O)C(C)C)cc1. The van der Waals surface area contributed by atoms with Crippen LogP contribution in [0.1, 0.15) is 19.4 Å². The normalized spacial score (nSPS) is 11.6. The quantitative estimate of drug-likeness (QED) is 0.707. The number of hydrogen-bond acceptors (Lipinski definition) is 5. The second-order valence-electron chi connectivity index (χ2n) is 5.69. The Morgan fingerprint density at radius 3 is 2.16 bits per heavy atom. The van der Waals surface area contributed by atoms with Crippen molar-refractivity contribution >= 4 is 16.0 Å². The van der Waals surface area contributed by atoms with E-state index in [4.69, 9.17) is 9.57 Å². The van der Waals surface area contributed by atoms with Crippen LogP contribution in [0.3, 0.4) is 0 Å². The third kappa shape index (κ3) is 4.80. The Balaban J connectivity index is 2.35. The number of benzene rings is 2. The van der Waals surface area contributed by atoms with E-state index in [9.17, 15) is 13.2 Å². The van der Waals surface area contributed by atoms with Gasteiger partial charge in [0.05, 0.1) is 24.5 Å². The standard InChI is InChI=1S/C18H21NO5S/c1-14(2)18(20)24-19(13-15-7-5-4-6-8-15)25(21,22)17-11-9-16(23-3)10-12-17/h4-12,14H,13H2,1-3H3. The lowest BCUT2D eigenvalue weighted by Gasteiger charge is -2.22. The predicted octanol–water partition coefficient (Wildman–Crippen LogP) is 3.00. The van der Waals surface area contributed by atoms with Crippen molar-refractivity contribution in [2.45, 2.75) is 25.3 Å². The van der Waals surface area contributed by atoms with Crippen molar-refractivity contribution in [3.05, 3.63) is 60.2 Å². The number of sulfonamides is 1. The zero-order valence-corrected chi connectivity index (χ0v) is 15.2. The summed E-state index contributed by atoms with van der Waals surface area (Å²) >= 11 is 0. The first-order valence-electron chi connectivity index (χ1n) is 7.77. The number of carbonyl (C=O) groups excluding carboxylic acids is 1. The van der Waals surface area contributed by atoms with Crippen LogP contribution in [0.15, 0.2) is 59.5 Å². The summed E-state index contributed by atoms with van der Waals surface area (Å²) in [6, 6.07) is 14.8. The molecule has 134 valence electrons. The molecule has 0 atom stereocenters. The largest absolute Gasteiger partial charge is 0.497 e. The molecule has 0 unspecified atom stereocenters. The van der Waals surface area contributed by atoms with Gasteiger partial charge in [0, 0.05) is 0 Å². The van der Waals surface area contributed by atoms with E-state index in [0.29, 0.717) is 11.3 Å². The van der Waals surface area contributed by atoms with Gasteiger partial charge in [0.1, 0.15) is 5.75 Å². The van der Waals surface area contributed by atoms with E-state index >= 15 is 0 Å². The Morgan fingerprint density at radius 2 is 1.64 bits per heavy atom. The summed E-state index contributed by atoms with van der Waals surface area (Å²) < 4.78 is 31.6. The highest BCUT2D eigenvalue weighted by molar-refractivity contribution is 7.89. The van der Waals surface area contributed by atoms with E-state index in [1.54, 1.807) is 38.1 Å². The van der Waals surface area contributed by atoms with Crippen molar-refractivity contribution in [2.24, 2.45) is 5.92 Å². The first kappa shape index (κ1) is 19.0. The van der Waals surface area contributed by atoms with E-state index < -0.39 is 21.9 Å². The average molecular weight is 363 g/mol. The molecule has 0 amide bonds. The smallest absolute Gasteiger partial charge is 0.329 e. The van der Waals surface area contributed by atoms with Crippen molar-refractivity contribution in [1.82, 2.24) is 4.47 Å². The van der Waals surface area contributed by atoms with Crippen LogP contribution >= 0.6 is 0 Å². The fourth-order valence-corrected chi connectivity index (χ4v) is 3.18. The predicted molar refractivity (Wildman–Crippen MR) is 93.1 cm³/mol. The molecule has 0 fully saturated rings. The highest BCUT2D eigenvalue weighted by Crippen LogP contribution is 2.22. The van der Waals surface area contributed by atoms with Crippen molar-refractivity contribution in [3.8, 4) is 5.75 Å². The zero-order chi connectivity index (χ0) is 18.4. The summed E-state index contributed by atoms with van der Waals surface area (Å²) in [5.74, 6) is -0.537. The molecule has 2 rings (SSSR count). The summed E-state index contributed by atoms with van der Waals surface area (Å²) in [5, 5.41) is 0. The minimum Gasteiger partial charge on any atom is -0.497 e. The number of carbonyl (C=O) groups is 1. The van der Waals surface area contributed by atoms with Gasteiger partial charge in [-0.2, -0.15) is 0 Å². The molecule has 0 heterocycles. The van der Waals surface area contributed by atoms with Crippen molar-refractivity contribution in [1.29, 1.82) is 0 Å². The number of methoxy groups -OCH3 is 1. The molecule has 6 nitrogen and oxygen atoms in total. The van der Waals surface area contributed by atoms with Crippen LogP contribution in [0.25, 0.3) is 0 Å². The van der Waals surface area contributed by atoms with E-state index in [1.807, 2.05) is 6.07 Å². The molecule has 0 bridgehead atoms. The average Bonchev–Trinajstić information content (AvgIpc) is 2.61. The maximum absolute atomic E-state index is 12.9. The van der Waals surface area contributed by atoms with Crippen LogP contribution in [0.2, 0.25) is 0 Å². The van der Waals surface area contributed by atoms with Crippen LogP contribution in [0.5, 0.6) is 5.75 Å². The fourth-order valence-electron chi connectivity index (χ4n) is 1.97. The van der Waals surface area contributed by atoms with Crippen LogP contribution in [-0.4, -0.2) is 26.0 Å². The van der Waals surface area contributed by atoms with E-state index in [1.165, 1.54) is 31.4 Å². The minimum absolute atomic E-state index is 0.0146. The first-order chi connectivity index (χ1) is 11.8. The Hall–Kier alpha value is -2.38. The number of nitrogens with zero attached hydrogens (tertiary/aromatic N) is 1. The van der Waals surface area contributed by atoms with Gasteiger partial charge in [-0.05, 0) is 34.3 Å². The van der Waals surface area contributed by atoms with Crippen LogP contribution in [-0.2, 0) is 26.2 Å². The van der Waals surface area contributed by atoms with Gasteiger partial charge in [0.25, 0.3) is 10.0 Å². The van der Waals surface area contributed by atoms with E-state index in [-0.39, 0.29) is 11.4 Å². The molecule has 0 N–H and O–H groups in total. The van der Waals surface area contributed by atoms with Crippen molar-refractivity contribution in [2.75, 3.05) is 7.11 Å². The first-order valence-corrected chi connectivity index (χ1v) is 9.21. The fraction of sp³-hybridized carbons (Fsp3) is 0.278. The second-order valence-corrected chi connectivity index (χ2v) is 7.52. The van der Waals surface area contributed by atoms with Crippen LogP contribution < -0.4 is 4.74 Å². The molecule has 2 aromatic rings. The van der Waals surface area contributed by atoms with Crippen molar-refractivity contribution < 1.29 is 22.8 Å². The number of hydroxylamine groups is 1. The Kier molecular flexibility index (Phi) is 6.17. The third-order valence-electron chi connectivity index (χ3n) is 3.44. The van der Waals surface area contributed by atoms with E-state index in [2.05, 4.69) is 0 Å². The van der Waals surface area contributed by atoms with E-state index in [0.717, 1.165) is 4.47 Å². The highest BCUT2D eigenvalue weighted by Gasteiger charge is 2.29. The van der Waals surface area contributed by atoms with Gasteiger partial charge in [-0.25, -0.2) is 8.42 Å². The van der Waals surface area contributed by atoms with Crippen LogP contribution in [0, 0.1) is 5.92 Å². The van der Waals surface area contributed by atoms with Gasteiger partial charge in [-0.3, -0.25) is 4.79 Å². The Morgan fingerprint density at radius 1 is 1.04 bits per heavy atom.